The van der Waals surface area contributed by atoms with Gasteiger partial charge in [-0.2, -0.15) is 11.8 Å². The maximum Gasteiger partial charge on any atom is 0.250 e. The summed E-state index contributed by atoms with van der Waals surface area (Å²) in [6, 6.07) is 7.18. The minimum absolute atomic E-state index is 0.0994. The zero-order valence-electron chi connectivity index (χ0n) is 18.0. The fraction of sp³-hybridized carbons (Fsp3) is 0.565. The highest BCUT2D eigenvalue weighted by Gasteiger charge is 2.34. The van der Waals surface area contributed by atoms with Crippen LogP contribution in [0.25, 0.3) is 0 Å². The highest BCUT2D eigenvalue weighted by atomic mass is 32.2. The number of aromatic hydroxyl groups is 1. The van der Waals surface area contributed by atoms with Crippen molar-refractivity contribution in [3.8, 4) is 5.75 Å². The number of hydrogen-bond donors (Lipinski definition) is 1. The molecule has 0 aromatic carbocycles. The zero-order valence-corrected chi connectivity index (χ0v) is 18.8. The summed E-state index contributed by atoms with van der Waals surface area (Å²) in [5.74, 6) is 2.87. The highest BCUT2D eigenvalue weighted by Crippen LogP contribution is 2.35. The van der Waals surface area contributed by atoms with Gasteiger partial charge in [0, 0.05) is 93.8 Å². The van der Waals surface area contributed by atoms with Crippen molar-refractivity contribution < 1.29 is 5.11 Å². The van der Waals surface area contributed by atoms with E-state index in [-0.39, 0.29) is 16.7 Å². The van der Waals surface area contributed by atoms with Gasteiger partial charge in [-0.3, -0.25) is 19.4 Å². The summed E-state index contributed by atoms with van der Waals surface area (Å²) in [4.78, 5) is 29.5. The molecule has 0 amide bonds. The van der Waals surface area contributed by atoms with Gasteiger partial charge in [-0.05, 0) is 18.4 Å². The van der Waals surface area contributed by atoms with Crippen LogP contribution in [0.4, 0.5) is 0 Å². The molecular weight excluding hydrogens is 412 g/mol. The third-order valence-electron chi connectivity index (χ3n) is 7.06. The molecule has 5 heterocycles. The highest BCUT2D eigenvalue weighted by molar-refractivity contribution is 7.99. The third-order valence-corrected chi connectivity index (χ3v) is 8.00. The molecule has 0 unspecified atom stereocenters. The van der Waals surface area contributed by atoms with Gasteiger partial charge in [0.25, 0.3) is 5.56 Å². The molecule has 0 aliphatic carbocycles. The lowest BCUT2D eigenvalue weighted by molar-refractivity contribution is 0.112. The lowest BCUT2D eigenvalue weighted by atomic mass is 9.83. The maximum absolute atomic E-state index is 12.6. The molecular formula is C23H30N4O3S. The molecule has 2 bridgehead atoms. The van der Waals surface area contributed by atoms with Crippen LogP contribution in [0.2, 0.25) is 0 Å². The Morgan fingerprint density at radius 3 is 2.68 bits per heavy atom. The third kappa shape index (κ3) is 4.08. The molecule has 2 atom stereocenters. The van der Waals surface area contributed by atoms with Gasteiger partial charge >= 0.3 is 0 Å². The normalized spacial score (nSPS) is 24.2. The van der Waals surface area contributed by atoms with Crippen molar-refractivity contribution in [3.05, 3.63) is 61.9 Å². The predicted molar refractivity (Wildman–Crippen MR) is 123 cm³/mol. The molecule has 2 saturated heterocycles. The Morgan fingerprint density at radius 1 is 1.06 bits per heavy atom. The van der Waals surface area contributed by atoms with Gasteiger partial charge in [0.05, 0.1) is 5.69 Å². The summed E-state index contributed by atoms with van der Waals surface area (Å²) in [6.07, 6.45) is 1.12. The second-order valence-electron chi connectivity index (χ2n) is 9.13. The molecule has 0 radical (unpaired) electrons. The van der Waals surface area contributed by atoms with Crippen LogP contribution >= 0.6 is 11.8 Å². The Kier molecular flexibility index (Phi) is 5.71. The molecule has 166 valence electrons. The number of fused-ring (bicyclic) bond motifs is 4. The van der Waals surface area contributed by atoms with Crippen molar-refractivity contribution in [2.75, 3.05) is 37.7 Å². The van der Waals surface area contributed by atoms with E-state index in [2.05, 4.69) is 15.9 Å². The molecule has 2 aromatic heterocycles. The monoisotopic (exact) mass is 442 g/mol. The summed E-state index contributed by atoms with van der Waals surface area (Å²) in [6.45, 7) is 5.83. The van der Waals surface area contributed by atoms with E-state index in [0.717, 1.165) is 62.0 Å². The zero-order chi connectivity index (χ0) is 21.5. The van der Waals surface area contributed by atoms with Gasteiger partial charge < -0.3 is 14.2 Å². The van der Waals surface area contributed by atoms with Crippen LogP contribution in [0.1, 0.15) is 29.4 Å². The molecule has 2 aromatic rings. The predicted octanol–water partition coefficient (Wildman–Crippen LogP) is 1.42. The first-order valence-electron chi connectivity index (χ1n) is 11.1. The molecule has 3 aliphatic heterocycles. The van der Waals surface area contributed by atoms with Crippen LogP contribution in [0, 0.1) is 5.92 Å². The van der Waals surface area contributed by atoms with Crippen molar-refractivity contribution in [2.45, 2.75) is 32.0 Å². The summed E-state index contributed by atoms with van der Waals surface area (Å²) in [5, 5.41) is 10.5. The standard InChI is InChI=1S/C23H30N4O3S/c1-24-18(10-21(28)23(30)20(24)15-25-5-7-31-8-6-25)14-26-11-16-9-17(13-26)19-3-2-4-22(29)27(19)12-16/h2-4,10,16-17,30H,5-9,11-15H2,1H3/t16-,17+/m1/s1. The van der Waals surface area contributed by atoms with Gasteiger partial charge in [-0.1, -0.05) is 6.07 Å². The molecule has 7 nitrogen and oxygen atoms in total. The smallest absolute Gasteiger partial charge is 0.250 e. The number of rotatable bonds is 4. The summed E-state index contributed by atoms with van der Waals surface area (Å²) >= 11 is 1.95. The van der Waals surface area contributed by atoms with Crippen molar-refractivity contribution >= 4 is 11.8 Å². The van der Waals surface area contributed by atoms with E-state index < -0.39 is 0 Å². The molecule has 0 spiro atoms. The molecule has 31 heavy (non-hydrogen) atoms. The van der Waals surface area contributed by atoms with E-state index in [1.54, 1.807) is 12.1 Å². The van der Waals surface area contributed by atoms with Crippen molar-refractivity contribution in [2.24, 2.45) is 13.0 Å². The Bertz CT molecular complexity index is 1090. The summed E-state index contributed by atoms with van der Waals surface area (Å²) in [5.41, 5.74) is 2.60. The topological polar surface area (TPSA) is 70.7 Å². The molecule has 2 fully saturated rings. The Balaban J connectivity index is 1.38. The Morgan fingerprint density at radius 2 is 1.87 bits per heavy atom. The first-order valence-corrected chi connectivity index (χ1v) is 12.3. The summed E-state index contributed by atoms with van der Waals surface area (Å²) < 4.78 is 3.96. The van der Waals surface area contributed by atoms with E-state index in [4.69, 9.17) is 0 Å². The van der Waals surface area contributed by atoms with E-state index in [0.29, 0.717) is 30.6 Å². The quantitative estimate of drug-likeness (QED) is 0.772. The molecule has 8 heteroatoms. The van der Waals surface area contributed by atoms with Crippen molar-refractivity contribution in [3.63, 3.8) is 0 Å². The number of pyridine rings is 2. The van der Waals surface area contributed by atoms with Crippen LogP contribution in [-0.2, 0) is 26.7 Å². The van der Waals surface area contributed by atoms with E-state index in [1.165, 1.54) is 0 Å². The van der Waals surface area contributed by atoms with Crippen LogP contribution in [-0.4, -0.2) is 61.7 Å². The average molecular weight is 443 g/mol. The van der Waals surface area contributed by atoms with Crippen molar-refractivity contribution in [1.29, 1.82) is 0 Å². The minimum atomic E-state index is -0.288. The minimum Gasteiger partial charge on any atom is -0.503 e. The first-order chi connectivity index (χ1) is 15.0. The lowest BCUT2D eigenvalue weighted by Gasteiger charge is -2.43. The second-order valence-corrected chi connectivity index (χ2v) is 10.4. The average Bonchev–Trinajstić information content (AvgIpc) is 2.76. The van der Waals surface area contributed by atoms with E-state index >= 15 is 0 Å². The van der Waals surface area contributed by atoms with Gasteiger partial charge in [0.2, 0.25) is 5.43 Å². The van der Waals surface area contributed by atoms with Crippen LogP contribution in [0.15, 0.2) is 33.9 Å². The second kappa shape index (κ2) is 8.48. The summed E-state index contributed by atoms with van der Waals surface area (Å²) in [7, 11) is 1.96. The van der Waals surface area contributed by atoms with E-state index in [1.807, 2.05) is 34.0 Å². The van der Waals surface area contributed by atoms with E-state index in [9.17, 15) is 14.7 Å². The largest absolute Gasteiger partial charge is 0.503 e. The Labute approximate surface area is 186 Å². The number of hydrogen-bond acceptors (Lipinski definition) is 6. The number of nitrogens with zero attached hydrogens (tertiary/aromatic N) is 4. The fourth-order valence-corrected chi connectivity index (χ4v) is 6.43. The van der Waals surface area contributed by atoms with Gasteiger partial charge in [-0.15, -0.1) is 0 Å². The number of aromatic nitrogens is 2. The molecule has 0 saturated carbocycles. The SMILES string of the molecule is Cn1c(CN2C[C@H]3C[C@@H](C2)c2cccc(=O)n2C3)cc(=O)c(O)c1CN1CCSCC1. The van der Waals surface area contributed by atoms with Crippen LogP contribution < -0.4 is 11.0 Å². The molecule has 3 aliphatic rings. The van der Waals surface area contributed by atoms with Crippen LogP contribution in [0.5, 0.6) is 5.75 Å². The van der Waals surface area contributed by atoms with Gasteiger partial charge in [0.15, 0.2) is 5.75 Å². The maximum atomic E-state index is 12.6. The van der Waals surface area contributed by atoms with Crippen molar-refractivity contribution in [1.82, 2.24) is 18.9 Å². The fourth-order valence-electron chi connectivity index (χ4n) is 5.45. The first kappa shape index (κ1) is 20.8. The van der Waals surface area contributed by atoms with Crippen LogP contribution in [0.3, 0.4) is 0 Å². The van der Waals surface area contributed by atoms with Gasteiger partial charge in [0.1, 0.15) is 0 Å². The lowest BCUT2D eigenvalue weighted by Crippen LogP contribution is -2.47. The number of piperidine rings is 1. The van der Waals surface area contributed by atoms with Gasteiger partial charge in [-0.25, -0.2) is 0 Å². The molecule has 5 rings (SSSR count). The Hall–Kier alpha value is -2.03. The number of likely N-dealkylation sites (tertiary alicyclic amines) is 1. The number of thioether (sulfide) groups is 1. The molecule has 1 N–H and O–H groups in total.